The molecule has 4 heterocycles. The minimum absolute atomic E-state index is 0.0980. The van der Waals surface area contributed by atoms with Crippen molar-refractivity contribution >= 4 is 48.4 Å². The van der Waals surface area contributed by atoms with E-state index in [4.69, 9.17) is 9.72 Å². The van der Waals surface area contributed by atoms with Crippen LogP contribution in [0.3, 0.4) is 0 Å². The van der Waals surface area contributed by atoms with E-state index in [1.54, 1.807) is 0 Å². The summed E-state index contributed by atoms with van der Waals surface area (Å²) in [5.74, 6) is 0.660. The van der Waals surface area contributed by atoms with Crippen LogP contribution in [0.2, 0.25) is 0 Å². The lowest BCUT2D eigenvalue weighted by Crippen LogP contribution is -2.39. The lowest BCUT2D eigenvalue weighted by Gasteiger charge is -2.33. The lowest BCUT2D eigenvalue weighted by atomic mass is 10.0. The summed E-state index contributed by atoms with van der Waals surface area (Å²) in [5.41, 5.74) is 2.92. The molecule has 1 saturated heterocycles. The highest BCUT2D eigenvalue weighted by Gasteiger charge is 2.35. The van der Waals surface area contributed by atoms with E-state index < -0.39 is 10.0 Å². The third-order valence-corrected chi connectivity index (χ3v) is 8.89. The molecule has 1 aliphatic carbocycles. The van der Waals surface area contributed by atoms with Crippen LogP contribution in [-0.2, 0) is 21.3 Å². The number of benzene rings is 1. The van der Waals surface area contributed by atoms with Crippen molar-refractivity contribution in [3.8, 4) is 0 Å². The van der Waals surface area contributed by atoms with Gasteiger partial charge in [0.1, 0.15) is 6.10 Å². The number of aromatic amines is 1. The zero-order valence-electron chi connectivity index (χ0n) is 17.2. The molecule has 6 rings (SSSR count). The number of morpholine rings is 1. The Hall–Kier alpha value is -2.60. The third-order valence-electron chi connectivity index (χ3n) is 5.93. The van der Waals surface area contributed by atoms with E-state index in [1.165, 1.54) is 11.3 Å². The highest BCUT2D eigenvalue weighted by atomic mass is 32.2. The second-order valence-electron chi connectivity index (χ2n) is 8.18. The maximum absolute atomic E-state index is 12.1. The number of rotatable bonds is 6. The molecule has 0 amide bonds. The molecular formula is C21H22N6O3S2. The molecule has 1 atom stereocenters. The van der Waals surface area contributed by atoms with Crippen LogP contribution in [0.4, 0.5) is 5.95 Å². The van der Waals surface area contributed by atoms with Gasteiger partial charge in [0.05, 0.1) is 46.5 Å². The predicted octanol–water partition coefficient (Wildman–Crippen LogP) is 2.73. The van der Waals surface area contributed by atoms with Gasteiger partial charge in [-0.2, -0.15) is 5.10 Å². The van der Waals surface area contributed by atoms with Gasteiger partial charge < -0.3 is 9.64 Å². The number of sulfonamides is 1. The minimum Gasteiger partial charge on any atom is -0.370 e. The van der Waals surface area contributed by atoms with Crippen molar-refractivity contribution in [2.45, 2.75) is 30.7 Å². The molecule has 166 valence electrons. The summed E-state index contributed by atoms with van der Waals surface area (Å²) in [5, 5.41) is 8.01. The van der Waals surface area contributed by atoms with Gasteiger partial charge in [-0.15, -0.1) is 11.3 Å². The topological polar surface area (TPSA) is 113 Å². The fraction of sp³-hybridized carbons (Fsp3) is 0.381. The molecule has 1 aromatic carbocycles. The number of fused-ring (bicyclic) bond motifs is 2. The van der Waals surface area contributed by atoms with Crippen molar-refractivity contribution in [2.75, 3.05) is 24.6 Å². The average Bonchev–Trinajstić information content (AvgIpc) is 3.43. The Morgan fingerprint density at radius 1 is 1.28 bits per heavy atom. The Morgan fingerprint density at radius 2 is 2.19 bits per heavy atom. The first-order chi connectivity index (χ1) is 15.6. The quantitative estimate of drug-likeness (QED) is 0.445. The molecule has 1 saturated carbocycles. The zero-order valence-corrected chi connectivity index (χ0v) is 18.8. The second-order valence-corrected chi connectivity index (χ2v) is 11.4. The summed E-state index contributed by atoms with van der Waals surface area (Å²) >= 11 is 1.52. The van der Waals surface area contributed by atoms with Crippen molar-refractivity contribution in [3.63, 3.8) is 0 Å². The number of H-pyrrole nitrogens is 1. The van der Waals surface area contributed by atoms with E-state index >= 15 is 0 Å². The van der Waals surface area contributed by atoms with Gasteiger partial charge in [0.2, 0.25) is 16.0 Å². The van der Waals surface area contributed by atoms with Gasteiger partial charge in [-0.1, -0.05) is 12.1 Å². The first kappa shape index (κ1) is 20.0. The molecule has 0 radical (unpaired) electrons. The summed E-state index contributed by atoms with van der Waals surface area (Å²) in [6, 6.07) is 8.03. The summed E-state index contributed by atoms with van der Waals surface area (Å²) < 4.78 is 33.9. The van der Waals surface area contributed by atoms with Crippen molar-refractivity contribution in [1.29, 1.82) is 0 Å². The monoisotopic (exact) mass is 470 g/mol. The highest BCUT2D eigenvalue weighted by Crippen LogP contribution is 2.31. The SMILES string of the molecule is O=S(=O)(NCc1cc2nc(N3CCOC(c4cccc5[nH]ncc45)C3)ncc2s1)C1CC1. The van der Waals surface area contributed by atoms with Gasteiger partial charge in [-0.05, 0) is 30.5 Å². The lowest BCUT2D eigenvalue weighted by molar-refractivity contribution is 0.0402. The molecule has 11 heteroatoms. The second kappa shape index (κ2) is 7.77. The minimum atomic E-state index is -3.20. The van der Waals surface area contributed by atoms with Crippen LogP contribution in [0, 0.1) is 0 Å². The fourth-order valence-corrected chi connectivity index (χ4v) is 6.43. The van der Waals surface area contributed by atoms with Gasteiger partial charge >= 0.3 is 0 Å². The van der Waals surface area contributed by atoms with Crippen LogP contribution in [0.25, 0.3) is 21.1 Å². The number of nitrogens with one attached hydrogen (secondary N) is 2. The normalized spacial score (nSPS) is 19.8. The van der Waals surface area contributed by atoms with Crippen LogP contribution in [0.5, 0.6) is 0 Å². The molecule has 2 fully saturated rings. The van der Waals surface area contributed by atoms with Gasteiger partial charge in [0.15, 0.2) is 0 Å². The van der Waals surface area contributed by atoms with Gasteiger partial charge in [-0.25, -0.2) is 23.1 Å². The van der Waals surface area contributed by atoms with Crippen LogP contribution in [0.1, 0.15) is 29.4 Å². The molecule has 0 bridgehead atoms. The third kappa shape index (κ3) is 3.75. The highest BCUT2D eigenvalue weighted by molar-refractivity contribution is 7.90. The Morgan fingerprint density at radius 3 is 3.06 bits per heavy atom. The number of thiophene rings is 1. The number of hydrogen-bond acceptors (Lipinski definition) is 8. The summed E-state index contributed by atoms with van der Waals surface area (Å²) in [6.07, 6.45) is 5.07. The zero-order chi connectivity index (χ0) is 21.7. The number of aromatic nitrogens is 4. The van der Waals surface area contributed by atoms with Crippen molar-refractivity contribution in [1.82, 2.24) is 24.9 Å². The summed E-state index contributed by atoms with van der Waals surface area (Å²) in [6.45, 7) is 2.23. The Kier molecular flexibility index (Phi) is 4.86. The Labute approximate surface area is 188 Å². The molecule has 3 aromatic heterocycles. The first-order valence-electron chi connectivity index (χ1n) is 10.6. The van der Waals surface area contributed by atoms with Crippen molar-refractivity contribution in [2.24, 2.45) is 0 Å². The number of anilines is 1. The van der Waals surface area contributed by atoms with Gasteiger partial charge in [0.25, 0.3) is 0 Å². The average molecular weight is 471 g/mol. The van der Waals surface area contributed by atoms with Crippen LogP contribution < -0.4 is 9.62 Å². The first-order valence-corrected chi connectivity index (χ1v) is 13.0. The molecule has 4 aromatic rings. The molecular weight excluding hydrogens is 448 g/mol. The predicted molar refractivity (Wildman–Crippen MR) is 123 cm³/mol. The maximum Gasteiger partial charge on any atom is 0.226 e. The van der Waals surface area contributed by atoms with E-state index in [2.05, 4.69) is 30.9 Å². The molecule has 1 unspecified atom stereocenters. The van der Waals surface area contributed by atoms with E-state index in [1.807, 2.05) is 30.6 Å². The smallest absolute Gasteiger partial charge is 0.226 e. The molecule has 1 aliphatic heterocycles. The number of hydrogen-bond donors (Lipinski definition) is 2. The van der Waals surface area contributed by atoms with Gasteiger partial charge in [0, 0.05) is 23.4 Å². The standard InChI is InChI=1S/C21H22N6O3S2/c28-32(29,14-4-5-14)24-9-13-8-18-20(31-13)11-22-21(25-18)27-6-7-30-19(12-27)15-2-1-3-17-16(15)10-23-26-17/h1-3,8,10-11,14,19,24H,4-7,9,12H2,(H,23,26). The Bertz CT molecular complexity index is 1400. The van der Waals surface area contributed by atoms with Crippen molar-refractivity contribution < 1.29 is 13.2 Å². The van der Waals surface area contributed by atoms with E-state index in [0.29, 0.717) is 32.2 Å². The molecule has 2 aliphatic rings. The Balaban J connectivity index is 1.21. The van der Waals surface area contributed by atoms with Crippen molar-refractivity contribution in [3.05, 3.63) is 47.1 Å². The molecule has 0 spiro atoms. The van der Waals surface area contributed by atoms with Crippen LogP contribution >= 0.6 is 11.3 Å². The van der Waals surface area contributed by atoms with E-state index in [9.17, 15) is 8.42 Å². The molecule has 2 N–H and O–H groups in total. The maximum atomic E-state index is 12.1. The summed E-state index contributed by atoms with van der Waals surface area (Å²) in [4.78, 5) is 12.4. The van der Waals surface area contributed by atoms with E-state index in [-0.39, 0.29) is 11.4 Å². The van der Waals surface area contributed by atoms with Gasteiger partial charge in [-0.3, -0.25) is 5.10 Å². The van der Waals surface area contributed by atoms with Crippen LogP contribution in [0.15, 0.2) is 36.7 Å². The number of nitrogens with zero attached hydrogens (tertiary/aromatic N) is 4. The van der Waals surface area contributed by atoms with E-state index in [0.717, 1.165) is 44.4 Å². The molecule has 32 heavy (non-hydrogen) atoms. The number of ether oxygens (including phenoxy) is 1. The fourth-order valence-electron chi connectivity index (χ4n) is 4.08. The largest absolute Gasteiger partial charge is 0.370 e. The molecule has 9 nitrogen and oxygen atoms in total. The van der Waals surface area contributed by atoms with Crippen LogP contribution in [-0.4, -0.2) is 53.5 Å². The summed E-state index contributed by atoms with van der Waals surface area (Å²) in [7, 11) is -3.20.